The lowest BCUT2D eigenvalue weighted by Crippen LogP contribution is -1.87. The predicted molar refractivity (Wildman–Crippen MR) is 58.5 cm³/mol. The molecule has 1 aromatic rings. The summed E-state index contributed by atoms with van der Waals surface area (Å²) in [5.41, 5.74) is 0.325. The van der Waals surface area contributed by atoms with Crippen LogP contribution >= 0.6 is 34.2 Å². The van der Waals surface area contributed by atoms with Gasteiger partial charge in [-0.3, -0.25) is 0 Å². The maximum absolute atomic E-state index is 10.1. The van der Waals surface area contributed by atoms with Crippen molar-refractivity contribution in [2.45, 2.75) is 0 Å². The van der Waals surface area contributed by atoms with Crippen molar-refractivity contribution in [2.75, 3.05) is 7.11 Å². The molecule has 0 spiro atoms. The normalized spacial score (nSPS) is 9.15. The Morgan fingerprint density at radius 1 is 1.62 bits per heavy atom. The van der Waals surface area contributed by atoms with Crippen molar-refractivity contribution in [2.24, 2.45) is 4.99 Å². The molecule has 1 aromatic carbocycles. The van der Waals surface area contributed by atoms with Crippen LogP contribution < -0.4 is 4.74 Å². The number of isocyanates is 1. The highest BCUT2D eigenvalue weighted by atomic mass is 127. The number of aliphatic imine (C=N–C) groups is 1. The fourth-order valence-electron chi connectivity index (χ4n) is 0.867. The molecule has 0 aliphatic rings. The maximum atomic E-state index is 10.1. The van der Waals surface area contributed by atoms with Gasteiger partial charge in [-0.15, -0.1) is 0 Å². The summed E-state index contributed by atoms with van der Waals surface area (Å²) < 4.78 is 5.89. The highest BCUT2D eigenvalue weighted by molar-refractivity contribution is 14.1. The molecule has 0 unspecified atom stereocenters. The van der Waals surface area contributed by atoms with Crippen LogP contribution in [0.1, 0.15) is 0 Å². The molecule has 0 amide bonds. The third-order valence-electron chi connectivity index (χ3n) is 1.40. The lowest BCUT2D eigenvalue weighted by molar-refractivity contribution is 0.413. The van der Waals surface area contributed by atoms with E-state index in [-0.39, 0.29) is 0 Å². The summed E-state index contributed by atoms with van der Waals surface area (Å²) in [6.45, 7) is 0. The van der Waals surface area contributed by atoms with Gasteiger partial charge in [-0.1, -0.05) is 11.6 Å². The van der Waals surface area contributed by atoms with Crippen LogP contribution in [0.2, 0.25) is 5.02 Å². The Hall–Kier alpha value is -0.580. The zero-order chi connectivity index (χ0) is 9.84. The summed E-state index contributed by atoms with van der Waals surface area (Å²) in [6.07, 6.45) is 1.43. The lowest BCUT2D eigenvalue weighted by atomic mass is 10.3. The summed E-state index contributed by atoms with van der Waals surface area (Å²) in [7, 11) is 1.50. The van der Waals surface area contributed by atoms with E-state index in [1.165, 1.54) is 13.2 Å². The van der Waals surface area contributed by atoms with E-state index in [0.29, 0.717) is 16.5 Å². The van der Waals surface area contributed by atoms with Gasteiger partial charge in [0.25, 0.3) is 0 Å². The van der Waals surface area contributed by atoms with E-state index in [2.05, 4.69) is 27.6 Å². The van der Waals surface area contributed by atoms with Gasteiger partial charge in [0, 0.05) is 0 Å². The van der Waals surface area contributed by atoms with Gasteiger partial charge in [0.2, 0.25) is 6.08 Å². The SMILES string of the molecule is COc1c(I)ccc(Cl)c1N=C=O. The zero-order valence-corrected chi connectivity index (χ0v) is 9.59. The molecule has 0 radical (unpaired) electrons. The Labute approximate surface area is 93.9 Å². The number of halogens is 2. The van der Waals surface area contributed by atoms with Crippen molar-refractivity contribution < 1.29 is 9.53 Å². The van der Waals surface area contributed by atoms with Gasteiger partial charge < -0.3 is 4.74 Å². The number of hydrogen-bond acceptors (Lipinski definition) is 3. The first-order valence-corrected chi connectivity index (χ1v) is 4.76. The molecule has 0 aliphatic carbocycles. The van der Waals surface area contributed by atoms with E-state index in [1.54, 1.807) is 12.1 Å². The number of hydrogen-bond donors (Lipinski definition) is 0. The Kier molecular flexibility index (Phi) is 3.71. The average molecular weight is 309 g/mol. The summed E-state index contributed by atoms with van der Waals surface area (Å²) in [5.74, 6) is 0.497. The molecular weight excluding hydrogens is 304 g/mol. The number of methoxy groups -OCH3 is 1. The second kappa shape index (κ2) is 4.60. The van der Waals surface area contributed by atoms with E-state index in [0.717, 1.165) is 3.57 Å². The van der Waals surface area contributed by atoms with Crippen molar-refractivity contribution in [3.63, 3.8) is 0 Å². The molecule has 0 fully saturated rings. The summed E-state index contributed by atoms with van der Waals surface area (Å²) in [5, 5.41) is 0.376. The van der Waals surface area contributed by atoms with E-state index in [9.17, 15) is 4.79 Å². The van der Waals surface area contributed by atoms with Crippen LogP contribution in [0, 0.1) is 3.57 Å². The molecule has 0 heterocycles. The van der Waals surface area contributed by atoms with Crippen LogP contribution in [0.5, 0.6) is 5.75 Å². The lowest BCUT2D eigenvalue weighted by Gasteiger charge is -2.06. The first kappa shape index (κ1) is 10.5. The van der Waals surface area contributed by atoms with Crippen LogP contribution in [-0.2, 0) is 4.79 Å². The molecule has 0 atom stereocenters. The predicted octanol–water partition coefficient (Wildman–Crippen LogP) is 2.92. The summed E-state index contributed by atoms with van der Waals surface area (Å²) >= 11 is 7.87. The summed E-state index contributed by atoms with van der Waals surface area (Å²) in [6, 6.07) is 3.44. The Balaban J connectivity index is 3.42. The highest BCUT2D eigenvalue weighted by Gasteiger charge is 2.10. The molecule has 68 valence electrons. The molecule has 0 saturated carbocycles. The van der Waals surface area contributed by atoms with Crippen molar-refractivity contribution >= 4 is 46.0 Å². The van der Waals surface area contributed by atoms with Gasteiger partial charge in [-0.05, 0) is 34.7 Å². The molecule has 0 aliphatic heterocycles. The largest absolute Gasteiger partial charge is 0.493 e. The van der Waals surface area contributed by atoms with E-state index in [4.69, 9.17) is 16.3 Å². The van der Waals surface area contributed by atoms with Crippen molar-refractivity contribution in [1.29, 1.82) is 0 Å². The van der Waals surface area contributed by atoms with E-state index >= 15 is 0 Å². The molecule has 0 bridgehead atoms. The van der Waals surface area contributed by atoms with Crippen LogP contribution in [0.15, 0.2) is 17.1 Å². The summed E-state index contributed by atoms with van der Waals surface area (Å²) in [4.78, 5) is 13.6. The minimum absolute atomic E-state index is 0.325. The Bertz CT molecular complexity index is 375. The molecule has 1 rings (SSSR count). The van der Waals surface area contributed by atoms with Crippen LogP contribution in [0.3, 0.4) is 0 Å². The topological polar surface area (TPSA) is 38.7 Å². The molecule has 0 saturated heterocycles. The van der Waals surface area contributed by atoms with Gasteiger partial charge in [-0.2, -0.15) is 4.99 Å². The van der Waals surface area contributed by atoms with Crippen molar-refractivity contribution in [1.82, 2.24) is 0 Å². The van der Waals surface area contributed by atoms with Gasteiger partial charge >= 0.3 is 0 Å². The fraction of sp³-hybridized carbons (Fsp3) is 0.125. The number of rotatable bonds is 2. The zero-order valence-electron chi connectivity index (χ0n) is 6.67. The standard InChI is InChI=1S/C8H5ClINO2/c1-13-8-6(10)3-2-5(9)7(8)11-4-12/h2-3H,1H3. The molecule has 0 aromatic heterocycles. The monoisotopic (exact) mass is 309 g/mol. The minimum Gasteiger partial charge on any atom is -0.493 e. The second-order valence-corrected chi connectivity index (χ2v) is 3.68. The van der Waals surface area contributed by atoms with E-state index < -0.39 is 0 Å². The maximum Gasteiger partial charge on any atom is 0.240 e. The van der Waals surface area contributed by atoms with Crippen molar-refractivity contribution in [3.05, 3.63) is 20.7 Å². The third kappa shape index (κ3) is 2.21. The Morgan fingerprint density at radius 3 is 2.85 bits per heavy atom. The number of nitrogens with zero attached hydrogens (tertiary/aromatic N) is 1. The Morgan fingerprint density at radius 2 is 2.31 bits per heavy atom. The number of ether oxygens (including phenoxy) is 1. The van der Waals surface area contributed by atoms with Gasteiger partial charge in [0.15, 0.2) is 5.75 Å². The first-order valence-electron chi connectivity index (χ1n) is 3.30. The van der Waals surface area contributed by atoms with Crippen molar-refractivity contribution in [3.8, 4) is 5.75 Å². The van der Waals surface area contributed by atoms with Gasteiger partial charge in [-0.25, -0.2) is 4.79 Å². The minimum atomic E-state index is 0.325. The average Bonchev–Trinajstić information content (AvgIpc) is 2.12. The first-order chi connectivity index (χ1) is 6.20. The fourth-order valence-corrected chi connectivity index (χ4v) is 1.71. The van der Waals surface area contributed by atoms with Gasteiger partial charge in [0.05, 0.1) is 15.7 Å². The van der Waals surface area contributed by atoms with Crippen LogP contribution in [-0.4, -0.2) is 13.2 Å². The molecular formula is C8H5ClINO2. The van der Waals surface area contributed by atoms with Gasteiger partial charge in [0.1, 0.15) is 5.69 Å². The quantitative estimate of drug-likeness (QED) is 0.479. The third-order valence-corrected chi connectivity index (χ3v) is 2.55. The molecule has 3 nitrogen and oxygen atoms in total. The molecule has 13 heavy (non-hydrogen) atoms. The highest BCUT2D eigenvalue weighted by Crippen LogP contribution is 2.38. The smallest absolute Gasteiger partial charge is 0.240 e. The molecule has 5 heteroatoms. The molecule has 0 N–H and O–H groups in total. The number of carbonyl (C=O) groups excluding carboxylic acids is 1. The van der Waals surface area contributed by atoms with Crippen LogP contribution in [0.25, 0.3) is 0 Å². The number of benzene rings is 1. The van der Waals surface area contributed by atoms with Crippen LogP contribution in [0.4, 0.5) is 5.69 Å². The van der Waals surface area contributed by atoms with E-state index in [1.807, 2.05) is 0 Å². The second-order valence-electron chi connectivity index (χ2n) is 2.11.